The van der Waals surface area contributed by atoms with E-state index in [2.05, 4.69) is 5.32 Å². The molecule has 0 atom stereocenters. The quantitative estimate of drug-likeness (QED) is 0.598. The van der Waals surface area contributed by atoms with Gasteiger partial charge in [-0.05, 0) is 26.3 Å². The van der Waals surface area contributed by atoms with Crippen molar-refractivity contribution >= 4 is 5.91 Å². The second-order valence-corrected chi connectivity index (χ2v) is 4.05. The maximum Gasteiger partial charge on any atom is 0.243 e. The minimum Gasteiger partial charge on any atom is -0.389 e. The van der Waals surface area contributed by atoms with E-state index in [1.165, 1.54) is 0 Å². The largest absolute Gasteiger partial charge is 0.389 e. The van der Waals surface area contributed by atoms with Crippen molar-refractivity contribution in [2.24, 2.45) is 0 Å². The third kappa shape index (κ3) is 1.25. The molecule has 74 valence electrons. The Hall–Kier alpha value is -0.610. The van der Waals surface area contributed by atoms with Crippen LogP contribution in [0, 0.1) is 0 Å². The van der Waals surface area contributed by atoms with Crippen molar-refractivity contribution in [3.63, 3.8) is 0 Å². The number of amides is 1. The van der Waals surface area contributed by atoms with Crippen molar-refractivity contribution in [1.29, 1.82) is 0 Å². The smallest absolute Gasteiger partial charge is 0.243 e. The molecule has 0 bridgehead atoms. The van der Waals surface area contributed by atoms with Crippen LogP contribution in [0.5, 0.6) is 0 Å². The standard InChI is InChI=1S/C9H16N2O2/c1-10-9(3-2-4-9)8(13)11-5-7(12)6-11/h7,10,12H,2-6H2,1H3. The molecule has 13 heavy (non-hydrogen) atoms. The Kier molecular flexibility index (Phi) is 2.04. The van der Waals surface area contributed by atoms with Gasteiger partial charge in [-0.2, -0.15) is 0 Å². The number of hydrogen-bond acceptors (Lipinski definition) is 3. The molecule has 0 aromatic heterocycles. The van der Waals surface area contributed by atoms with Crippen molar-refractivity contribution in [2.75, 3.05) is 20.1 Å². The van der Waals surface area contributed by atoms with E-state index < -0.39 is 0 Å². The van der Waals surface area contributed by atoms with Crippen molar-refractivity contribution in [3.05, 3.63) is 0 Å². The lowest BCUT2D eigenvalue weighted by Gasteiger charge is -2.47. The second kappa shape index (κ2) is 2.96. The van der Waals surface area contributed by atoms with E-state index in [0.29, 0.717) is 13.1 Å². The van der Waals surface area contributed by atoms with Crippen molar-refractivity contribution in [2.45, 2.75) is 30.9 Å². The molecule has 0 aromatic carbocycles. The fourth-order valence-corrected chi connectivity index (χ4v) is 2.02. The topological polar surface area (TPSA) is 52.6 Å². The average Bonchev–Trinajstić information content (AvgIpc) is 1.97. The predicted octanol–water partition coefficient (Wildman–Crippen LogP) is -0.668. The molecule has 4 heteroatoms. The molecule has 0 unspecified atom stereocenters. The van der Waals surface area contributed by atoms with Crippen LogP contribution in [0.3, 0.4) is 0 Å². The number of carbonyl (C=O) groups is 1. The Labute approximate surface area is 77.9 Å². The van der Waals surface area contributed by atoms with Gasteiger partial charge in [0.2, 0.25) is 5.91 Å². The number of nitrogens with one attached hydrogen (secondary N) is 1. The van der Waals surface area contributed by atoms with Crippen molar-refractivity contribution < 1.29 is 9.90 Å². The van der Waals surface area contributed by atoms with E-state index in [0.717, 1.165) is 19.3 Å². The van der Waals surface area contributed by atoms with Crippen LogP contribution in [-0.4, -0.2) is 47.7 Å². The summed E-state index contributed by atoms with van der Waals surface area (Å²) in [6.07, 6.45) is 2.71. The van der Waals surface area contributed by atoms with Gasteiger partial charge in [-0.25, -0.2) is 0 Å². The molecule has 2 fully saturated rings. The van der Waals surface area contributed by atoms with Gasteiger partial charge in [-0.1, -0.05) is 0 Å². The summed E-state index contributed by atoms with van der Waals surface area (Å²) in [5.74, 6) is 0.173. The summed E-state index contributed by atoms with van der Waals surface area (Å²) in [6.45, 7) is 1.03. The molecule has 1 aliphatic carbocycles. The highest BCUT2D eigenvalue weighted by Gasteiger charge is 2.47. The maximum absolute atomic E-state index is 11.9. The lowest BCUT2D eigenvalue weighted by molar-refractivity contribution is -0.152. The summed E-state index contributed by atoms with van der Waals surface area (Å²) in [5.41, 5.74) is -0.292. The first-order valence-corrected chi connectivity index (χ1v) is 4.84. The molecule has 2 N–H and O–H groups in total. The zero-order valence-electron chi connectivity index (χ0n) is 7.92. The number of likely N-dealkylation sites (N-methyl/N-ethyl adjacent to an activating group) is 1. The van der Waals surface area contributed by atoms with E-state index in [1.807, 2.05) is 7.05 Å². The molecule has 0 radical (unpaired) electrons. The van der Waals surface area contributed by atoms with Gasteiger partial charge in [0.15, 0.2) is 0 Å². The fraction of sp³-hybridized carbons (Fsp3) is 0.889. The zero-order chi connectivity index (χ0) is 9.47. The van der Waals surface area contributed by atoms with E-state index in [-0.39, 0.29) is 17.6 Å². The lowest BCUT2D eigenvalue weighted by Crippen LogP contribution is -2.66. The number of β-amino-alcohol motifs (C(OH)–C–C–N with tert-alkyl or cyclic N) is 1. The van der Waals surface area contributed by atoms with Crippen LogP contribution >= 0.6 is 0 Å². The Morgan fingerprint density at radius 3 is 2.46 bits per heavy atom. The van der Waals surface area contributed by atoms with Gasteiger partial charge in [0, 0.05) is 13.1 Å². The molecule has 1 amide bonds. The van der Waals surface area contributed by atoms with E-state index in [9.17, 15) is 4.79 Å². The molecule has 1 saturated carbocycles. The highest BCUT2D eigenvalue weighted by Crippen LogP contribution is 2.34. The molecular formula is C9H16N2O2. The Morgan fingerprint density at radius 2 is 2.15 bits per heavy atom. The van der Waals surface area contributed by atoms with Crippen LogP contribution in [-0.2, 0) is 4.79 Å². The van der Waals surface area contributed by atoms with Gasteiger partial charge < -0.3 is 15.3 Å². The monoisotopic (exact) mass is 184 g/mol. The highest BCUT2D eigenvalue weighted by molar-refractivity contribution is 5.88. The number of rotatable bonds is 2. The zero-order valence-corrected chi connectivity index (χ0v) is 7.92. The normalized spacial score (nSPS) is 26.5. The molecule has 4 nitrogen and oxygen atoms in total. The van der Waals surface area contributed by atoms with Crippen molar-refractivity contribution in [3.8, 4) is 0 Å². The van der Waals surface area contributed by atoms with E-state index >= 15 is 0 Å². The van der Waals surface area contributed by atoms with Gasteiger partial charge >= 0.3 is 0 Å². The number of hydrogen-bond donors (Lipinski definition) is 2. The number of likely N-dealkylation sites (tertiary alicyclic amines) is 1. The minimum absolute atomic E-state index is 0.173. The van der Waals surface area contributed by atoms with Crippen LogP contribution in [0.2, 0.25) is 0 Å². The van der Waals surface area contributed by atoms with Crippen LogP contribution in [0.25, 0.3) is 0 Å². The van der Waals surface area contributed by atoms with E-state index in [1.54, 1.807) is 4.90 Å². The fourth-order valence-electron chi connectivity index (χ4n) is 2.02. The van der Waals surface area contributed by atoms with Crippen LogP contribution < -0.4 is 5.32 Å². The molecule has 2 aliphatic rings. The summed E-state index contributed by atoms with van der Waals surface area (Å²) in [6, 6.07) is 0. The summed E-state index contributed by atoms with van der Waals surface area (Å²) in [7, 11) is 1.84. The number of nitrogens with zero attached hydrogens (tertiary/aromatic N) is 1. The number of aliphatic hydroxyl groups is 1. The SMILES string of the molecule is CNC1(C(=O)N2CC(O)C2)CCC1. The Morgan fingerprint density at radius 1 is 1.54 bits per heavy atom. The van der Waals surface area contributed by atoms with E-state index in [4.69, 9.17) is 5.11 Å². The maximum atomic E-state index is 11.9. The first-order chi connectivity index (χ1) is 6.18. The average molecular weight is 184 g/mol. The summed E-state index contributed by atoms with van der Waals surface area (Å²) in [4.78, 5) is 13.6. The highest BCUT2D eigenvalue weighted by atomic mass is 16.3. The van der Waals surface area contributed by atoms with Gasteiger partial charge in [-0.3, -0.25) is 4.79 Å². The Bertz CT molecular complexity index is 214. The summed E-state index contributed by atoms with van der Waals surface area (Å²) < 4.78 is 0. The van der Waals surface area contributed by atoms with Gasteiger partial charge in [-0.15, -0.1) is 0 Å². The third-order valence-electron chi connectivity index (χ3n) is 3.24. The number of aliphatic hydroxyl groups excluding tert-OH is 1. The lowest BCUT2D eigenvalue weighted by atomic mass is 9.75. The molecule has 1 aliphatic heterocycles. The van der Waals surface area contributed by atoms with Gasteiger partial charge in [0.25, 0.3) is 0 Å². The Balaban J connectivity index is 1.96. The molecule has 2 rings (SSSR count). The van der Waals surface area contributed by atoms with Gasteiger partial charge in [0.1, 0.15) is 0 Å². The minimum atomic E-state index is -0.294. The van der Waals surface area contributed by atoms with Crippen LogP contribution in [0.1, 0.15) is 19.3 Å². The third-order valence-corrected chi connectivity index (χ3v) is 3.24. The van der Waals surface area contributed by atoms with Gasteiger partial charge in [0.05, 0.1) is 11.6 Å². The number of carbonyl (C=O) groups excluding carboxylic acids is 1. The summed E-state index contributed by atoms with van der Waals surface area (Å²) >= 11 is 0. The molecule has 0 spiro atoms. The van der Waals surface area contributed by atoms with Crippen molar-refractivity contribution in [1.82, 2.24) is 10.2 Å². The first kappa shape index (κ1) is 8.97. The second-order valence-electron chi connectivity index (χ2n) is 4.05. The first-order valence-electron chi connectivity index (χ1n) is 4.84. The predicted molar refractivity (Wildman–Crippen MR) is 48.2 cm³/mol. The molecule has 0 aromatic rings. The molecule has 1 heterocycles. The molecular weight excluding hydrogens is 168 g/mol. The van der Waals surface area contributed by atoms with Crippen LogP contribution in [0.15, 0.2) is 0 Å². The molecule has 1 saturated heterocycles. The summed E-state index contributed by atoms with van der Waals surface area (Å²) in [5, 5.41) is 12.2. The van der Waals surface area contributed by atoms with Crippen LogP contribution in [0.4, 0.5) is 0 Å².